The van der Waals surface area contributed by atoms with Gasteiger partial charge >= 0.3 is 0 Å². The van der Waals surface area contributed by atoms with Crippen LogP contribution in [0.4, 0.5) is 20.2 Å². The van der Waals surface area contributed by atoms with Crippen LogP contribution in [0, 0.1) is 23.0 Å². The molecule has 2 unspecified atom stereocenters. The molecule has 12 rings (SSSR count). The lowest BCUT2D eigenvalue weighted by atomic mass is 9.86. The number of nitriles is 1. The van der Waals surface area contributed by atoms with E-state index < -0.39 is 11.6 Å². The van der Waals surface area contributed by atoms with Crippen LogP contribution in [0.25, 0.3) is 77.6 Å². The van der Waals surface area contributed by atoms with Gasteiger partial charge in [-0.1, -0.05) is 182 Å². The second-order valence-corrected chi connectivity index (χ2v) is 17.0. The Morgan fingerprint density at radius 1 is 0.455 bits per heavy atom. The van der Waals surface area contributed by atoms with Gasteiger partial charge in [-0.15, -0.1) is 0 Å². The summed E-state index contributed by atoms with van der Waals surface area (Å²) in [4.78, 5) is 2.36. The quantitative estimate of drug-likeness (QED) is 0.160. The number of fused-ring (bicyclic) bond motifs is 6. The lowest BCUT2D eigenvalue weighted by Crippen LogP contribution is -2.30. The zero-order valence-electron chi connectivity index (χ0n) is 35.6. The molecule has 1 aliphatic heterocycles. The van der Waals surface area contributed by atoms with E-state index in [0.29, 0.717) is 5.69 Å². The van der Waals surface area contributed by atoms with Crippen LogP contribution in [0.1, 0.15) is 22.6 Å². The van der Waals surface area contributed by atoms with Crippen molar-refractivity contribution < 1.29 is 8.78 Å². The summed E-state index contributed by atoms with van der Waals surface area (Å²) in [6, 6.07) is 70.8. The highest BCUT2D eigenvalue weighted by Crippen LogP contribution is 2.53. The average molecular weight is 852 g/mol. The third kappa shape index (κ3) is 6.46. The highest BCUT2D eigenvalue weighted by Gasteiger charge is 2.40. The fraction of sp³-hybridized carbons (Fsp3) is 0.0328. The Morgan fingerprint density at radius 2 is 0.970 bits per heavy atom. The van der Waals surface area contributed by atoms with Gasteiger partial charge in [0.2, 0.25) is 0 Å². The number of anilines is 2. The number of aromatic nitrogens is 1. The van der Waals surface area contributed by atoms with Crippen LogP contribution in [0.5, 0.6) is 0 Å². The van der Waals surface area contributed by atoms with Gasteiger partial charge in [-0.05, 0) is 92.5 Å². The van der Waals surface area contributed by atoms with E-state index in [9.17, 15) is 5.26 Å². The molecule has 2 heterocycles. The Labute approximate surface area is 381 Å². The molecular weight excluding hydrogens is 813 g/mol. The molecule has 3 nitrogen and oxygen atoms in total. The zero-order chi connectivity index (χ0) is 44.3. The van der Waals surface area contributed by atoms with E-state index >= 15 is 8.78 Å². The third-order valence-electron chi connectivity index (χ3n) is 13.3. The molecule has 2 atom stereocenters. The van der Waals surface area contributed by atoms with E-state index in [4.69, 9.17) is 0 Å². The summed E-state index contributed by atoms with van der Waals surface area (Å²) in [6.07, 6.45) is 6.83. The van der Waals surface area contributed by atoms with Crippen LogP contribution < -0.4 is 4.90 Å². The molecule has 0 amide bonds. The molecule has 0 N–H and O–H groups in total. The van der Waals surface area contributed by atoms with E-state index in [1.807, 2.05) is 72.8 Å². The summed E-state index contributed by atoms with van der Waals surface area (Å²) < 4.78 is 34.6. The monoisotopic (exact) mass is 851 g/mol. The molecule has 66 heavy (non-hydrogen) atoms. The van der Waals surface area contributed by atoms with Gasteiger partial charge in [0.05, 0.1) is 45.6 Å². The minimum absolute atomic E-state index is 0.0353. The molecule has 1 aromatic heterocycles. The standard InChI is InChI=1S/C61H39F2N3/c62-53-22-13-23-54(63)61(53)52-37-60(66-57-34-45(41-18-9-3-10-19-41)26-30-50(57)51-31-27-46(35-58(51)66)42-20-11-4-12-21-42)59(36-47(52)38-64)65-55-32-43(39-14-5-1-6-15-39)24-28-48(55)49-29-25-44(33-56(49)65)40-16-7-2-8-17-40/h1-37,48,55H. The van der Waals surface area contributed by atoms with Gasteiger partial charge in [0.15, 0.2) is 0 Å². The van der Waals surface area contributed by atoms with Crippen molar-refractivity contribution in [3.05, 3.63) is 253 Å². The fourth-order valence-corrected chi connectivity index (χ4v) is 10.2. The second-order valence-electron chi connectivity index (χ2n) is 17.0. The van der Waals surface area contributed by atoms with Crippen LogP contribution in [0.15, 0.2) is 224 Å². The SMILES string of the molecule is N#Cc1cc(N2c3cc(-c4ccccc4)ccc3C3C=CC(c4ccccc4)=CC32)c(-n2c3cc(-c4ccccc4)ccc3c3ccc(-c4ccccc4)cc32)cc1-c1c(F)cccc1F. The molecule has 1 aliphatic carbocycles. The Kier molecular flexibility index (Phi) is 9.40. The number of hydrogen-bond acceptors (Lipinski definition) is 2. The van der Waals surface area contributed by atoms with E-state index in [-0.39, 0.29) is 28.7 Å². The molecule has 10 aromatic rings. The lowest BCUT2D eigenvalue weighted by molar-refractivity contribution is 0.589. The molecule has 0 spiro atoms. The molecule has 0 bridgehead atoms. The Hall–Kier alpha value is -8.59. The molecular formula is C61H39F2N3. The largest absolute Gasteiger partial charge is 0.331 e. The van der Waals surface area contributed by atoms with Crippen molar-refractivity contribution >= 4 is 38.8 Å². The van der Waals surface area contributed by atoms with E-state index in [1.165, 1.54) is 18.2 Å². The molecule has 9 aromatic carbocycles. The first-order chi connectivity index (χ1) is 32.5. The van der Waals surface area contributed by atoms with Gasteiger partial charge in [-0.2, -0.15) is 5.26 Å². The van der Waals surface area contributed by atoms with Crippen LogP contribution in [0.2, 0.25) is 0 Å². The van der Waals surface area contributed by atoms with Crippen LogP contribution in [0.3, 0.4) is 0 Å². The summed E-state index contributed by atoms with van der Waals surface area (Å²) in [5.74, 6) is -1.51. The minimum atomic E-state index is -0.739. The summed E-state index contributed by atoms with van der Waals surface area (Å²) >= 11 is 0. The van der Waals surface area contributed by atoms with Gasteiger partial charge in [0.25, 0.3) is 0 Å². The topological polar surface area (TPSA) is 32.0 Å². The average Bonchev–Trinajstić information content (AvgIpc) is 3.88. The lowest BCUT2D eigenvalue weighted by Gasteiger charge is -2.33. The maximum Gasteiger partial charge on any atom is 0.134 e. The van der Waals surface area contributed by atoms with Crippen molar-refractivity contribution in [2.45, 2.75) is 12.0 Å². The number of nitrogens with zero attached hydrogens (tertiary/aromatic N) is 3. The summed E-state index contributed by atoms with van der Waals surface area (Å²) in [6.45, 7) is 0. The molecule has 0 fully saturated rings. The molecule has 2 aliphatic rings. The van der Waals surface area contributed by atoms with Crippen LogP contribution >= 0.6 is 0 Å². The maximum atomic E-state index is 16.2. The summed E-state index contributed by atoms with van der Waals surface area (Å²) in [5.41, 5.74) is 14.0. The first-order valence-electron chi connectivity index (χ1n) is 22.2. The smallest absolute Gasteiger partial charge is 0.134 e. The number of benzene rings is 9. The van der Waals surface area contributed by atoms with E-state index in [0.717, 1.165) is 83.3 Å². The van der Waals surface area contributed by atoms with Crippen molar-refractivity contribution in [2.24, 2.45) is 0 Å². The predicted octanol–water partition coefficient (Wildman–Crippen LogP) is 15.9. The number of allylic oxidation sites excluding steroid dienone is 2. The van der Waals surface area contributed by atoms with Gasteiger partial charge in [0, 0.05) is 27.9 Å². The second kappa shape index (κ2) is 15.9. The fourth-order valence-electron chi connectivity index (χ4n) is 10.2. The van der Waals surface area contributed by atoms with Crippen LogP contribution in [-0.4, -0.2) is 10.6 Å². The van der Waals surface area contributed by atoms with Crippen molar-refractivity contribution in [3.63, 3.8) is 0 Å². The summed E-state index contributed by atoms with van der Waals surface area (Å²) in [5, 5.41) is 13.1. The van der Waals surface area contributed by atoms with Crippen molar-refractivity contribution in [3.8, 4) is 56.3 Å². The van der Waals surface area contributed by atoms with Crippen LogP contribution in [-0.2, 0) is 0 Å². The number of rotatable bonds is 7. The first-order valence-corrected chi connectivity index (χ1v) is 22.2. The van der Waals surface area contributed by atoms with Crippen molar-refractivity contribution in [2.75, 3.05) is 4.90 Å². The summed E-state index contributed by atoms with van der Waals surface area (Å²) in [7, 11) is 0. The van der Waals surface area contributed by atoms with Crippen molar-refractivity contribution in [1.82, 2.24) is 4.57 Å². The van der Waals surface area contributed by atoms with Gasteiger partial charge in [0.1, 0.15) is 11.6 Å². The Balaban J connectivity index is 1.21. The molecule has 0 radical (unpaired) electrons. The van der Waals surface area contributed by atoms with Crippen molar-refractivity contribution in [1.29, 1.82) is 5.26 Å². The number of halogens is 2. The molecule has 0 saturated carbocycles. The normalized spacial score (nSPS) is 15.1. The van der Waals surface area contributed by atoms with E-state index in [2.05, 4.69) is 149 Å². The first kappa shape index (κ1) is 39.0. The Bertz CT molecular complexity index is 3510. The predicted molar refractivity (Wildman–Crippen MR) is 266 cm³/mol. The Morgan fingerprint density at radius 3 is 1.52 bits per heavy atom. The highest BCUT2D eigenvalue weighted by atomic mass is 19.1. The molecule has 0 saturated heterocycles. The minimum Gasteiger partial charge on any atom is -0.331 e. The highest BCUT2D eigenvalue weighted by molar-refractivity contribution is 6.12. The third-order valence-corrected chi connectivity index (χ3v) is 13.3. The molecule has 5 heteroatoms. The van der Waals surface area contributed by atoms with E-state index in [1.54, 1.807) is 0 Å². The van der Waals surface area contributed by atoms with Gasteiger partial charge in [-0.25, -0.2) is 8.78 Å². The zero-order valence-corrected chi connectivity index (χ0v) is 35.6. The van der Waals surface area contributed by atoms with Gasteiger partial charge in [-0.3, -0.25) is 0 Å². The molecule has 312 valence electrons. The van der Waals surface area contributed by atoms with Gasteiger partial charge < -0.3 is 9.47 Å². The maximum absolute atomic E-state index is 16.2. The number of hydrogen-bond donors (Lipinski definition) is 0.